The van der Waals surface area contributed by atoms with E-state index in [1.54, 1.807) is 24.3 Å². The van der Waals surface area contributed by atoms with Crippen molar-refractivity contribution in [3.05, 3.63) is 70.8 Å². The number of hydrogen-bond acceptors (Lipinski definition) is 6. The molecule has 0 atom stereocenters. The highest BCUT2D eigenvalue weighted by Crippen LogP contribution is 2.39. The lowest BCUT2D eigenvalue weighted by molar-refractivity contribution is -0.121. The molecule has 34 heavy (non-hydrogen) atoms. The third-order valence-corrected chi connectivity index (χ3v) is 7.08. The fourth-order valence-electron chi connectivity index (χ4n) is 4.14. The Morgan fingerprint density at radius 3 is 2.24 bits per heavy atom. The summed E-state index contributed by atoms with van der Waals surface area (Å²) < 4.78 is 5.26. The molecule has 2 aliphatic rings. The zero-order valence-corrected chi connectivity index (χ0v) is 20.3. The van der Waals surface area contributed by atoms with E-state index in [1.165, 1.54) is 16.7 Å². The van der Waals surface area contributed by atoms with E-state index in [-0.39, 0.29) is 11.8 Å². The van der Waals surface area contributed by atoms with Crippen LogP contribution in [0.25, 0.3) is 0 Å². The van der Waals surface area contributed by atoms with Crippen LogP contribution in [0.4, 0.5) is 5.69 Å². The highest BCUT2D eigenvalue weighted by Gasteiger charge is 2.42. The van der Waals surface area contributed by atoms with Gasteiger partial charge in [-0.3, -0.25) is 9.59 Å². The molecule has 2 aliphatic heterocycles. The molecule has 0 aromatic heterocycles. The Hall–Kier alpha value is -3.06. The number of anilines is 1. The average molecular weight is 479 g/mol. The predicted octanol–water partition coefficient (Wildman–Crippen LogP) is 5.40. The standard InChI is InChI=1S/C27H30N2O4S/c1-2-3-19-33-27(32)20-13-15-21(16-14-20)29-25(30)23(28-17-9-4-5-10-18-28)24(26(29)31)34-22-11-7-6-8-12-22/h6-8,11-16H,2-5,9-10,17-19H2,1H3. The van der Waals surface area contributed by atoms with Gasteiger partial charge in [0.2, 0.25) is 0 Å². The maximum Gasteiger partial charge on any atom is 0.338 e. The van der Waals surface area contributed by atoms with Crippen LogP contribution in [0.2, 0.25) is 0 Å². The number of likely N-dealkylation sites (tertiary alicyclic amines) is 1. The van der Waals surface area contributed by atoms with Crippen LogP contribution in [0.1, 0.15) is 55.8 Å². The zero-order valence-electron chi connectivity index (χ0n) is 19.5. The smallest absolute Gasteiger partial charge is 0.338 e. The molecule has 6 nitrogen and oxygen atoms in total. The van der Waals surface area contributed by atoms with Crippen molar-refractivity contribution in [1.29, 1.82) is 0 Å². The van der Waals surface area contributed by atoms with Crippen molar-refractivity contribution in [2.24, 2.45) is 0 Å². The zero-order chi connectivity index (χ0) is 23.9. The fourth-order valence-corrected chi connectivity index (χ4v) is 5.16. The van der Waals surface area contributed by atoms with Crippen LogP contribution in [-0.2, 0) is 14.3 Å². The lowest BCUT2D eigenvalue weighted by Crippen LogP contribution is -2.35. The number of hydrogen-bond donors (Lipinski definition) is 0. The van der Waals surface area contributed by atoms with E-state index in [0.717, 1.165) is 56.5 Å². The van der Waals surface area contributed by atoms with Crippen molar-refractivity contribution in [2.45, 2.75) is 50.3 Å². The van der Waals surface area contributed by atoms with Gasteiger partial charge in [0.1, 0.15) is 10.6 Å². The van der Waals surface area contributed by atoms with Gasteiger partial charge >= 0.3 is 5.97 Å². The van der Waals surface area contributed by atoms with E-state index in [4.69, 9.17) is 4.74 Å². The summed E-state index contributed by atoms with van der Waals surface area (Å²) in [7, 11) is 0. The van der Waals surface area contributed by atoms with E-state index < -0.39 is 5.97 Å². The van der Waals surface area contributed by atoms with Crippen molar-refractivity contribution < 1.29 is 19.1 Å². The summed E-state index contributed by atoms with van der Waals surface area (Å²) in [5, 5.41) is 0. The lowest BCUT2D eigenvalue weighted by Gasteiger charge is -2.24. The van der Waals surface area contributed by atoms with Gasteiger partial charge in [-0.25, -0.2) is 9.69 Å². The van der Waals surface area contributed by atoms with Crippen molar-refractivity contribution in [3.63, 3.8) is 0 Å². The molecular formula is C27H30N2O4S. The number of esters is 1. The molecule has 0 unspecified atom stereocenters. The molecule has 7 heteroatoms. The monoisotopic (exact) mass is 478 g/mol. The number of unbranched alkanes of at least 4 members (excludes halogenated alkanes) is 1. The molecule has 0 bridgehead atoms. The van der Waals surface area contributed by atoms with Gasteiger partial charge in [0.05, 0.1) is 17.9 Å². The van der Waals surface area contributed by atoms with E-state index >= 15 is 0 Å². The summed E-state index contributed by atoms with van der Waals surface area (Å²) in [4.78, 5) is 44.1. The number of thioether (sulfide) groups is 1. The molecule has 2 heterocycles. The van der Waals surface area contributed by atoms with Crippen LogP contribution in [0.15, 0.2) is 70.1 Å². The highest BCUT2D eigenvalue weighted by molar-refractivity contribution is 8.04. The van der Waals surface area contributed by atoms with Gasteiger partial charge in [-0.15, -0.1) is 0 Å². The highest BCUT2D eigenvalue weighted by atomic mass is 32.2. The maximum atomic E-state index is 13.6. The van der Waals surface area contributed by atoms with Gasteiger partial charge in [0, 0.05) is 18.0 Å². The summed E-state index contributed by atoms with van der Waals surface area (Å²) in [6, 6.07) is 16.2. The molecule has 4 rings (SSSR count). The minimum Gasteiger partial charge on any atom is -0.462 e. The molecule has 2 aromatic rings. The van der Waals surface area contributed by atoms with E-state index in [1.807, 2.05) is 37.3 Å². The van der Waals surface area contributed by atoms with Crippen LogP contribution < -0.4 is 4.90 Å². The van der Waals surface area contributed by atoms with Crippen molar-refractivity contribution >= 4 is 35.2 Å². The van der Waals surface area contributed by atoms with Crippen molar-refractivity contribution in [3.8, 4) is 0 Å². The van der Waals surface area contributed by atoms with Gasteiger partial charge in [0.25, 0.3) is 11.8 Å². The van der Waals surface area contributed by atoms with Gasteiger partial charge in [-0.2, -0.15) is 0 Å². The number of imide groups is 1. The Labute approximate surface area is 205 Å². The van der Waals surface area contributed by atoms with E-state index in [9.17, 15) is 14.4 Å². The molecule has 0 spiro atoms. The average Bonchev–Trinajstić information content (AvgIpc) is 3.02. The summed E-state index contributed by atoms with van der Waals surface area (Å²) in [6.07, 6.45) is 6.03. The minimum absolute atomic E-state index is 0.302. The van der Waals surface area contributed by atoms with E-state index in [0.29, 0.717) is 28.5 Å². The molecule has 0 N–H and O–H groups in total. The minimum atomic E-state index is -0.400. The van der Waals surface area contributed by atoms with E-state index in [2.05, 4.69) is 4.90 Å². The van der Waals surface area contributed by atoms with Crippen molar-refractivity contribution in [2.75, 3.05) is 24.6 Å². The third-order valence-electron chi connectivity index (χ3n) is 6.00. The largest absolute Gasteiger partial charge is 0.462 e. The number of ether oxygens (including phenoxy) is 1. The first-order chi connectivity index (χ1) is 16.6. The Kier molecular flexibility index (Phi) is 8.06. The van der Waals surface area contributed by atoms with Gasteiger partial charge < -0.3 is 9.64 Å². The number of rotatable bonds is 8. The molecule has 178 valence electrons. The SMILES string of the molecule is CCCCOC(=O)c1ccc(N2C(=O)C(Sc3ccccc3)=C(N3CCCCCC3)C2=O)cc1. The second-order valence-corrected chi connectivity index (χ2v) is 9.56. The Morgan fingerprint density at radius 1 is 0.912 bits per heavy atom. The second kappa shape index (κ2) is 11.4. The molecule has 0 radical (unpaired) electrons. The van der Waals surface area contributed by atoms with Crippen LogP contribution in [0.5, 0.6) is 0 Å². The van der Waals surface area contributed by atoms with Gasteiger partial charge in [-0.05, 0) is 55.7 Å². The lowest BCUT2D eigenvalue weighted by atomic mass is 10.2. The molecule has 0 saturated carbocycles. The first kappa shape index (κ1) is 24.1. The van der Waals surface area contributed by atoms with Gasteiger partial charge in [0.15, 0.2) is 0 Å². The number of nitrogens with zero attached hydrogens (tertiary/aromatic N) is 2. The van der Waals surface area contributed by atoms with Gasteiger partial charge in [-0.1, -0.05) is 56.1 Å². The Bertz CT molecular complexity index is 1060. The number of amides is 2. The van der Waals surface area contributed by atoms with Crippen LogP contribution in [-0.4, -0.2) is 42.4 Å². The molecule has 2 amide bonds. The Morgan fingerprint density at radius 2 is 1.59 bits per heavy atom. The topological polar surface area (TPSA) is 66.9 Å². The third kappa shape index (κ3) is 5.36. The summed E-state index contributed by atoms with van der Waals surface area (Å²) >= 11 is 1.34. The molecule has 1 saturated heterocycles. The first-order valence-corrected chi connectivity index (χ1v) is 12.8. The first-order valence-electron chi connectivity index (χ1n) is 12.0. The van der Waals surface area contributed by atoms with Crippen LogP contribution in [0.3, 0.4) is 0 Å². The number of carbonyl (C=O) groups is 3. The maximum absolute atomic E-state index is 13.6. The van der Waals surface area contributed by atoms with Crippen LogP contribution in [0, 0.1) is 0 Å². The quantitative estimate of drug-likeness (QED) is 0.288. The molecule has 1 fully saturated rings. The molecule has 0 aliphatic carbocycles. The summed E-state index contributed by atoms with van der Waals surface area (Å²) in [5.41, 5.74) is 1.35. The second-order valence-electron chi connectivity index (χ2n) is 8.48. The fraction of sp³-hybridized carbons (Fsp3) is 0.370. The normalized spacial score (nSPS) is 16.7. The number of benzene rings is 2. The van der Waals surface area contributed by atoms with Crippen LogP contribution >= 0.6 is 11.8 Å². The Balaban J connectivity index is 1.60. The molecular weight excluding hydrogens is 448 g/mol. The summed E-state index contributed by atoms with van der Waals surface area (Å²) in [6.45, 7) is 3.95. The van der Waals surface area contributed by atoms with Crippen molar-refractivity contribution in [1.82, 2.24) is 4.90 Å². The molecule has 2 aromatic carbocycles. The summed E-state index contributed by atoms with van der Waals surface area (Å²) in [5.74, 6) is -1.03. The number of carbonyl (C=O) groups excluding carboxylic acids is 3. The predicted molar refractivity (Wildman–Crippen MR) is 133 cm³/mol.